The quantitative estimate of drug-likeness (QED) is 0.596. The summed E-state index contributed by atoms with van der Waals surface area (Å²) in [5.74, 6) is -2.30. The summed E-state index contributed by atoms with van der Waals surface area (Å²) in [6.45, 7) is -2.84. The van der Waals surface area contributed by atoms with Crippen LogP contribution in [0.4, 0.5) is 17.6 Å². The Kier molecular flexibility index (Phi) is 5.56. The summed E-state index contributed by atoms with van der Waals surface area (Å²) in [5, 5.41) is 5.96. The minimum absolute atomic E-state index is 0.0117. The number of ether oxygens (including phenoxy) is 2. The minimum atomic E-state index is -3.01. The van der Waals surface area contributed by atoms with Crippen LogP contribution in [0.3, 0.4) is 0 Å². The fourth-order valence-corrected chi connectivity index (χ4v) is 2.04. The van der Waals surface area contributed by atoms with Gasteiger partial charge in [-0.25, -0.2) is 13.9 Å². The average molecular weight is 332 g/mol. The highest BCUT2D eigenvalue weighted by atomic mass is 19.3. The molecule has 0 saturated carbocycles. The Hall–Kier alpha value is -2.58. The third-order valence-corrected chi connectivity index (χ3v) is 2.99. The van der Waals surface area contributed by atoms with Crippen LogP contribution in [0.25, 0.3) is 0 Å². The molecule has 0 radical (unpaired) electrons. The number of carbonyl (C=O) groups excluding carboxylic acids is 1. The summed E-state index contributed by atoms with van der Waals surface area (Å²) in [4.78, 5) is 10.6. The highest BCUT2D eigenvalue weighted by molar-refractivity contribution is 5.38. The molecule has 0 aliphatic carbocycles. The van der Waals surface area contributed by atoms with Crippen LogP contribution < -0.4 is 4.74 Å². The lowest BCUT2D eigenvalue weighted by Gasteiger charge is -2.14. The molecule has 5 nitrogen and oxygen atoms in total. The fraction of sp³-hybridized carbons (Fsp3) is 0.286. The van der Waals surface area contributed by atoms with E-state index in [0.717, 1.165) is 6.07 Å². The van der Waals surface area contributed by atoms with Gasteiger partial charge in [-0.1, -0.05) is 12.1 Å². The summed E-state index contributed by atoms with van der Waals surface area (Å²) >= 11 is 0. The second-order valence-electron chi connectivity index (χ2n) is 4.58. The third-order valence-electron chi connectivity index (χ3n) is 2.99. The van der Waals surface area contributed by atoms with E-state index in [0.29, 0.717) is 0 Å². The van der Waals surface area contributed by atoms with Crippen LogP contribution in [0.15, 0.2) is 24.3 Å². The van der Waals surface area contributed by atoms with E-state index >= 15 is 0 Å². The first kappa shape index (κ1) is 16.8. The lowest BCUT2D eigenvalue weighted by molar-refractivity contribution is -0.133. The van der Waals surface area contributed by atoms with E-state index in [1.807, 2.05) is 0 Å². The smallest absolute Gasteiger partial charge is 0.388 e. The summed E-state index contributed by atoms with van der Waals surface area (Å²) in [7, 11) is 0. The van der Waals surface area contributed by atoms with Crippen LogP contribution in [0.2, 0.25) is 0 Å². The van der Waals surface area contributed by atoms with Gasteiger partial charge in [0.2, 0.25) is 5.88 Å². The van der Waals surface area contributed by atoms with Gasteiger partial charge in [-0.05, 0) is 11.6 Å². The Morgan fingerprint density at radius 1 is 1.26 bits per heavy atom. The molecule has 1 aromatic heterocycles. The zero-order chi connectivity index (χ0) is 16.8. The van der Waals surface area contributed by atoms with Gasteiger partial charge in [0.25, 0.3) is 6.47 Å². The van der Waals surface area contributed by atoms with Gasteiger partial charge in [-0.2, -0.15) is 13.9 Å². The van der Waals surface area contributed by atoms with Crippen molar-refractivity contribution in [2.24, 2.45) is 0 Å². The van der Waals surface area contributed by atoms with Crippen molar-refractivity contribution in [3.63, 3.8) is 0 Å². The maximum absolute atomic E-state index is 13.6. The molecule has 0 aliphatic heterocycles. The van der Waals surface area contributed by atoms with E-state index in [1.165, 1.54) is 18.2 Å². The van der Waals surface area contributed by atoms with Crippen LogP contribution in [-0.4, -0.2) is 29.4 Å². The molecule has 0 spiro atoms. The van der Waals surface area contributed by atoms with Crippen LogP contribution in [0.1, 0.15) is 11.3 Å². The highest BCUT2D eigenvalue weighted by Crippen LogP contribution is 2.18. The van der Waals surface area contributed by atoms with Gasteiger partial charge in [0.05, 0.1) is 5.69 Å². The van der Waals surface area contributed by atoms with E-state index in [2.05, 4.69) is 14.9 Å². The number of hydrogen-bond acceptors (Lipinski definition) is 4. The molecular weight excluding hydrogens is 320 g/mol. The van der Waals surface area contributed by atoms with Gasteiger partial charge in [0.15, 0.2) is 11.6 Å². The minimum Gasteiger partial charge on any atom is -0.464 e. The number of nitrogens with one attached hydrogen (secondary N) is 1. The molecule has 1 heterocycles. The van der Waals surface area contributed by atoms with Gasteiger partial charge in [0, 0.05) is 18.9 Å². The normalized spacial score (nSPS) is 12.2. The maximum atomic E-state index is 13.6. The predicted octanol–water partition coefficient (Wildman–Crippen LogP) is 2.62. The molecular formula is C14H12F4N2O3. The van der Waals surface area contributed by atoms with Crippen LogP contribution in [0.5, 0.6) is 5.88 Å². The monoisotopic (exact) mass is 332 g/mol. The van der Waals surface area contributed by atoms with E-state index in [9.17, 15) is 22.4 Å². The number of alkyl halides is 2. The van der Waals surface area contributed by atoms with Crippen molar-refractivity contribution in [3.8, 4) is 5.88 Å². The molecule has 0 fully saturated rings. The van der Waals surface area contributed by atoms with Crippen LogP contribution >= 0.6 is 0 Å². The van der Waals surface area contributed by atoms with Crippen molar-refractivity contribution in [1.29, 1.82) is 0 Å². The third kappa shape index (κ3) is 4.70. The number of rotatable bonds is 8. The lowest BCUT2D eigenvalue weighted by atomic mass is 10.0. The molecule has 0 aliphatic rings. The molecule has 1 N–H and O–H groups in total. The topological polar surface area (TPSA) is 64.2 Å². The molecule has 1 unspecified atom stereocenters. The average Bonchev–Trinajstić information content (AvgIpc) is 2.90. The Bertz CT molecular complexity index is 663. The first-order chi connectivity index (χ1) is 11.0. The van der Waals surface area contributed by atoms with Crippen molar-refractivity contribution in [3.05, 3.63) is 47.2 Å². The predicted molar refractivity (Wildman–Crippen MR) is 69.9 cm³/mol. The number of carbonyl (C=O) groups is 1. The number of benzene rings is 1. The number of nitrogens with zero attached hydrogens (tertiary/aromatic N) is 1. The van der Waals surface area contributed by atoms with E-state index in [-0.39, 0.29) is 36.5 Å². The lowest BCUT2D eigenvalue weighted by Crippen LogP contribution is -2.20. The van der Waals surface area contributed by atoms with Gasteiger partial charge in [-0.3, -0.25) is 4.79 Å². The van der Waals surface area contributed by atoms with Crippen molar-refractivity contribution in [1.82, 2.24) is 10.2 Å². The van der Waals surface area contributed by atoms with E-state index < -0.39 is 24.3 Å². The largest absolute Gasteiger partial charge is 0.464 e. The van der Waals surface area contributed by atoms with Crippen molar-refractivity contribution >= 4 is 6.47 Å². The summed E-state index contributed by atoms with van der Waals surface area (Å²) in [6, 6.07) is 4.86. The molecule has 0 saturated heterocycles. The van der Waals surface area contributed by atoms with Gasteiger partial charge in [-0.15, -0.1) is 0 Å². The molecule has 0 amide bonds. The van der Waals surface area contributed by atoms with E-state index in [1.54, 1.807) is 0 Å². The zero-order valence-corrected chi connectivity index (χ0v) is 11.6. The van der Waals surface area contributed by atoms with Gasteiger partial charge < -0.3 is 9.47 Å². The second kappa shape index (κ2) is 7.61. The molecule has 0 bridgehead atoms. The second-order valence-corrected chi connectivity index (χ2v) is 4.58. The molecule has 124 valence electrons. The number of aromatic nitrogens is 2. The SMILES string of the molecule is O=COC(Cc1cc(OC(F)F)[nH]n1)Cc1cccc(F)c1F. The highest BCUT2D eigenvalue weighted by Gasteiger charge is 2.18. The first-order valence-electron chi connectivity index (χ1n) is 6.50. The van der Waals surface area contributed by atoms with Crippen molar-refractivity contribution < 1.29 is 31.8 Å². The van der Waals surface area contributed by atoms with Gasteiger partial charge >= 0.3 is 6.61 Å². The van der Waals surface area contributed by atoms with E-state index in [4.69, 9.17) is 4.74 Å². The summed E-state index contributed by atoms with van der Waals surface area (Å²) in [5.41, 5.74) is 0.292. The molecule has 2 aromatic rings. The molecule has 1 aromatic carbocycles. The summed E-state index contributed by atoms with van der Waals surface area (Å²) in [6.07, 6.45) is -0.926. The van der Waals surface area contributed by atoms with Crippen molar-refractivity contribution in [2.75, 3.05) is 0 Å². The Balaban J connectivity index is 2.07. The Morgan fingerprint density at radius 3 is 2.74 bits per heavy atom. The Labute approximate surface area is 128 Å². The van der Waals surface area contributed by atoms with Crippen molar-refractivity contribution in [2.45, 2.75) is 25.6 Å². The van der Waals surface area contributed by atoms with Crippen LogP contribution in [-0.2, 0) is 22.4 Å². The molecule has 2 rings (SSSR count). The number of halogens is 4. The molecule has 23 heavy (non-hydrogen) atoms. The molecule has 9 heteroatoms. The number of H-pyrrole nitrogens is 1. The Morgan fingerprint density at radius 2 is 2.04 bits per heavy atom. The fourth-order valence-electron chi connectivity index (χ4n) is 2.04. The number of hydrogen-bond donors (Lipinski definition) is 1. The maximum Gasteiger partial charge on any atom is 0.388 e. The first-order valence-corrected chi connectivity index (χ1v) is 6.50. The van der Waals surface area contributed by atoms with Gasteiger partial charge in [0.1, 0.15) is 6.10 Å². The zero-order valence-electron chi connectivity index (χ0n) is 11.6. The summed E-state index contributed by atoms with van der Waals surface area (Å²) < 4.78 is 59.9. The molecule has 1 atom stereocenters. The standard InChI is InChI=1S/C14H12F4N2O3/c15-11-3-1-2-8(13(11)16)4-10(22-7-21)5-9-6-12(20-19-9)23-14(17)18/h1-3,6-7,10,14H,4-5H2,(H,19,20). The number of aromatic amines is 1. The van der Waals surface area contributed by atoms with Crippen LogP contribution in [0, 0.1) is 11.6 Å².